The van der Waals surface area contributed by atoms with Crippen LogP contribution in [0.2, 0.25) is 5.02 Å². The molecule has 0 aliphatic rings. The topological polar surface area (TPSA) is 107 Å². The molecule has 0 aliphatic heterocycles. The van der Waals surface area contributed by atoms with E-state index in [4.69, 9.17) is 16.2 Å². The third kappa shape index (κ3) is 6.03. The average Bonchev–Trinajstić information content (AvgIpc) is 2.17. The van der Waals surface area contributed by atoms with Crippen molar-refractivity contribution in [1.82, 2.24) is 0 Å². The van der Waals surface area contributed by atoms with Gasteiger partial charge in [0.1, 0.15) is 10.7 Å². The number of aliphatic imine (C=N–C) groups is 1. The van der Waals surface area contributed by atoms with Crippen molar-refractivity contribution in [3.8, 4) is 0 Å². The van der Waals surface area contributed by atoms with Crippen LogP contribution in [0, 0.1) is 0 Å². The molecule has 0 bridgehead atoms. The van der Waals surface area contributed by atoms with E-state index in [1.54, 1.807) is 0 Å². The van der Waals surface area contributed by atoms with Gasteiger partial charge in [0.05, 0.1) is 10.7 Å². The summed E-state index contributed by atoms with van der Waals surface area (Å²) in [6, 6.07) is 3.44. The van der Waals surface area contributed by atoms with Crippen molar-refractivity contribution in [2.24, 2.45) is 4.99 Å². The molecule has 0 fully saturated rings. The minimum atomic E-state index is -4.49. The summed E-state index contributed by atoms with van der Waals surface area (Å²) in [5.74, 6) is -1.06. The summed E-state index contributed by atoms with van der Waals surface area (Å²) in [6.45, 7) is 1.24. The van der Waals surface area contributed by atoms with Gasteiger partial charge in [0, 0.05) is 6.42 Å². The minimum absolute atomic E-state index is 0. The fraction of sp³-hybridized carbons (Fsp3) is 0.200. The normalized spacial score (nSPS) is 11.8. The minimum Gasteiger partial charge on any atom is -0.861 e. The number of carbonyl (C=O) groups is 1. The van der Waals surface area contributed by atoms with E-state index in [0.29, 0.717) is 0 Å². The molecule has 98 valence electrons. The number of benzene rings is 1. The van der Waals surface area contributed by atoms with E-state index < -0.39 is 20.9 Å². The number of hydrogen-bond acceptors (Lipinski definition) is 5. The standard InChI is InChI=1S/C10H10ClNO5S.Na/c1-6(13)4-10(14)12-7-2-3-8(11)9(5-7)18(15,16)17;/h2-3,5H,4H2,1H3,(H,12,14)(H,15,16,17);/q;+1/p-1. The first-order chi connectivity index (χ1) is 8.20. The zero-order valence-corrected chi connectivity index (χ0v) is 13.8. The Morgan fingerprint density at radius 1 is 1.47 bits per heavy atom. The molecule has 9 heteroatoms. The first-order valence-electron chi connectivity index (χ1n) is 4.71. The summed E-state index contributed by atoms with van der Waals surface area (Å²) < 4.78 is 30.8. The molecule has 1 aromatic carbocycles. The molecule has 0 spiro atoms. The van der Waals surface area contributed by atoms with Crippen LogP contribution < -0.4 is 34.7 Å². The van der Waals surface area contributed by atoms with Gasteiger partial charge in [-0.15, -0.1) is 0 Å². The van der Waals surface area contributed by atoms with Gasteiger partial charge in [-0.1, -0.05) is 11.6 Å². The molecular formula is C10H9ClNNaO5S. The fourth-order valence-electron chi connectivity index (χ4n) is 1.16. The van der Waals surface area contributed by atoms with Gasteiger partial charge in [-0.3, -0.25) is 14.3 Å². The van der Waals surface area contributed by atoms with Gasteiger partial charge in [-0.25, -0.2) is 0 Å². The molecule has 0 atom stereocenters. The van der Waals surface area contributed by atoms with Crippen LogP contribution in [-0.4, -0.2) is 24.7 Å². The predicted octanol–water partition coefficient (Wildman–Crippen LogP) is -2.04. The number of hydrogen-bond donors (Lipinski definition) is 1. The van der Waals surface area contributed by atoms with E-state index in [9.17, 15) is 18.3 Å². The van der Waals surface area contributed by atoms with Gasteiger partial charge in [-0.2, -0.15) is 8.42 Å². The third-order valence-corrected chi connectivity index (χ3v) is 3.18. The quantitative estimate of drug-likeness (QED) is 0.298. The molecule has 0 radical (unpaired) electrons. The molecule has 1 aromatic rings. The van der Waals surface area contributed by atoms with Gasteiger partial charge in [-0.05, 0) is 31.0 Å². The molecule has 0 heterocycles. The van der Waals surface area contributed by atoms with Gasteiger partial charge in [0.15, 0.2) is 0 Å². The number of carbonyl (C=O) groups excluding carboxylic acids is 1. The SMILES string of the molecule is CC(=O)CC([O-])=Nc1ccc(Cl)c(S(=O)(=O)O)c1.[Na+]. The van der Waals surface area contributed by atoms with Crippen molar-refractivity contribution in [1.29, 1.82) is 0 Å². The summed E-state index contributed by atoms with van der Waals surface area (Å²) in [5, 5.41) is 11.1. The maximum Gasteiger partial charge on any atom is 1.00 e. The Labute approximate surface area is 137 Å². The predicted molar refractivity (Wildman–Crippen MR) is 63.7 cm³/mol. The van der Waals surface area contributed by atoms with E-state index in [0.717, 1.165) is 6.07 Å². The molecular weight excluding hydrogens is 305 g/mol. The molecule has 19 heavy (non-hydrogen) atoms. The molecule has 0 aromatic heterocycles. The Kier molecular flexibility index (Phi) is 7.20. The van der Waals surface area contributed by atoms with Gasteiger partial charge < -0.3 is 5.11 Å². The van der Waals surface area contributed by atoms with E-state index in [2.05, 4.69) is 4.99 Å². The second kappa shape index (κ2) is 7.37. The van der Waals surface area contributed by atoms with E-state index >= 15 is 0 Å². The molecule has 0 amide bonds. The van der Waals surface area contributed by atoms with Crippen LogP contribution in [-0.2, 0) is 14.9 Å². The largest absolute Gasteiger partial charge is 1.00 e. The third-order valence-electron chi connectivity index (χ3n) is 1.85. The second-order valence-electron chi connectivity index (χ2n) is 3.47. The van der Waals surface area contributed by atoms with Crippen molar-refractivity contribution < 1.29 is 52.4 Å². The van der Waals surface area contributed by atoms with Crippen molar-refractivity contribution in [2.75, 3.05) is 0 Å². The Bertz CT molecular complexity index is 614. The first-order valence-corrected chi connectivity index (χ1v) is 6.53. The van der Waals surface area contributed by atoms with Crippen LogP contribution in [0.3, 0.4) is 0 Å². The van der Waals surface area contributed by atoms with Crippen LogP contribution in [0.15, 0.2) is 28.1 Å². The maximum absolute atomic E-state index is 11.2. The van der Waals surface area contributed by atoms with E-state index in [-0.39, 0.29) is 52.5 Å². The summed E-state index contributed by atoms with van der Waals surface area (Å²) in [4.78, 5) is 13.7. The van der Waals surface area contributed by atoms with Crippen molar-refractivity contribution in [3.63, 3.8) is 0 Å². The first kappa shape index (κ1) is 18.6. The molecule has 0 saturated carbocycles. The van der Waals surface area contributed by atoms with Crippen LogP contribution in [0.25, 0.3) is 0 Å². The Morgan fingerprint density at radius 2 is 2.05 bits per heavy atom. The van der Waals surface area contributed by atoms with Crippen LogP contribution >= 0.6 is 11.6 Å². The fourth-order valence-corrected chi connectivity index (χ4v) is 2.15. The van der Waals surface area contributed by atoms with Crippen LogP contribution in [0.1, 0.15) is 13.3 Å². The zero-order chi connectivity index (χ0) is 13.9. The summed E-state index contributed by atoms with van der Waals surface area (Å²) in [5.41, 5.74) is -0.00160. The van der Waals surface area contributed by atoms with E-state index in [1.165, 1.54) is 19.1 Å². The molecule has 1 rings (SSSR count). The average molecular weight is 314 g/mol. The Balaban J connectivity index is 0.00000324. The number of rotatable bonds is 4. The molecule has 1 N–H and O–H groups in total. The van der Waals surface area contributed by atoms with Crippen molar-refractivity contribution in [3.05, 3.63) is 23.2 Å². The molecule has 0 aliphatic carbocycles. The Morgan fingerprint density at radius 3 is 2.53 bits per heavy atom. The number of nitrogens with zero attached hydrogens (tertiary/aromatic N) is 1. The molecule has 6 nitrogen and oxygen atoms in total. The second-order valence-corrected chi connectivity index (χ2v) is 5.27. The van der Waals surface area contributed by atoms with Crippen LogP contribution in [0.4, 0.5) is 5.69 Å². The maximum atomic E-state index is 11.2. The van der Waals surface area contributed by atoms with Crippen molar-refractivity contribution >= 4 is 39.1 Å². The number of halogens is 1. The molecule has 0 unspecified atom stereocenters. The van der Waals surface area contributed by atoms with Gasteiger partial charge in [0.2, 0.25) is 0 Å². The van der Waals surface area contributed by atoms with E-state index in [1.807, 2.05) is 0 Å². The van der Waals surface area contributed by atoms with Gasteiger partial charge in [0.25, 0.3) is 10.1 Å². The summed E-state index contributed by atoms with van der Waals surface area (Å²) >= 11 is 5.58. The molecule has 0 saturated heterocycles. The summed E-state index contributed by atoms with van der Waals surface area (Å²) in [6.07, 6.45) is -0.371. The van der Waals surface area contributed by atoms with Crippen molar-refractivity contribution in [2.45, 2.75) is 18.2 Å². The monoisotopic (exact) mass is 313 g/mol. The van der Waals surface area contributed by atoms with Crippen LogP contribution in [0.5, 0.6) is 0 Å². The van der Waals surface area contributed by atoms with Gasteiger partial charge >= 0.3 is 29.6 Å². The zero-order valence-electron chi connectivity index (χ0n) is 10.3. The number of ketones is 1. The smallest absolute Gasteiger partial charge is 0.861 e. The Hall–Kier alpha value is -0.440. The number of Topliss-reactive ketones (excluding diaryl/α,β-unsaturated/α-hetero) is 1. The summed E-state index contributed by atoms with van der Waals surface area (Å²) in [7, 11) is -4.49.